The third-order valence-electron chi connectivity index (χ3n) is 4.65. The minimum atomic E-state index is -2.44. The number of hydroxylamine groups is 1. The number of pyridine rings is 1. The molecule has 0 aromatic carbocycles. The Labute approximate surface area is 123 Å². The molecule has 4 nitrogen and oxygen atoms in total. The number of hydrogen-bond acceptors (Lipinski definition) is 4. The number of piperidine rings is 1. The maximum Gasteiger partial charge on any atom is 0.258 e. The average Bonchev–Trinajstić information content (AvgIpc) is 2.84. The lowest BCUT2D eigenvalue weighted by Crippen LogP contribution is -2.28. The van der Waals surface area contributed by atoms with Crippen LogP contribution in [0.25, 0.3) is 0 Å². The SMILES string of the molecule is CCc1nc(N2CC3C(C2)C3(F)F)ccc1CCCNO. The van der Waals surface area contributed by atoms with Gasteiger partial charge < -0.3 is 10.1 Å². The molecule has 0 bridgehead atoms. The minimum Gasteiger partial charge on any atom is -0.356 e. The number of anilines is 1. The average molecular weight is 297 g/mol. The van der Waals surface area contributed by atoms with E-state index in [9.17, 15) is 8.78 Å². The molecule has 2 aliphatic rings. The summed E-state index contributed by atoms with van der Waals surface area (Å²) in [5.41, 5.74) is 4.35. The van der Waals surface area contributed by atoms with Gasteiger partial charge in [0.15, 0.2) is 0 Å². The third kappa shape index (κ3) is 2.62. The highest BCUT2D eigenvalue weighted by atomic mass is 19.3. The van der Waals surface area contributed by atoms with E-state index in [1.54, 1.807) is 0 Å². The molecule has 1 aromatic heterocycles. The zero-order valence-corrected chi connectivity index (χ0v) is 12.1. The molecule has 2 N–H and O–H groups in total. The molecule has 1 aromatic rings. The minimum absolute atomic E-state index is 0.418. The fourth-order valence-corrected chi connectivity index (χ4v) is 3.28. The highest BCUT2D eigenvalue weighted by Crippen LogP contribution is 2.59. The van der Waals surface area contributed by atoms with Crippen molar-refractivity contribution in [3.63, 3.8) is 0 Å². The molecule has 1 saturated heterocycles. The predicted molar refractivity (Wildman–Crippen MR) is 75.9 cm³/mol. The Hall–Kier alpha value is -1.27. The fraction of sp³-hybridized carbons (Fsp3) is 0.667. The number of alkyl halides is 2. The topological polar surface area (TPSA) is 48.4 Å². The zero-order chi connectivity index (χ0) is 15.0. The molecule has 21 heavy (non-hydrogen) atoms. The lowest BCUT2D eigenvalue weighted by Gasteiger charge is -2.22. The molecule has 1 saturated carbocycles. The van der Waals surface area contributed by atoms with E-state index in [0.717, 1.165) is 30.8 Å². The van der Waals surface area contributed by atoms with Crippen molar-refractivity contribution < 1.29 is 14.0 Å². The van der Waals surface area contributed by atoms with E-state index in [4.69, 9.17) is 5.21 Å². The van der Waals surface area contributed by atoms with E-state index in [1.165, 1.54) is 5.56 Å². The first-order valence-electron chi connectivity index (χ1n) is 7.56. The molecule has 116 valence electrons. The van der Waals surface area contributed by atoms with Crippen LogP contribution in [0.3, 0.4) is 0 Å². The summed E-state index contributed by atoms with van der Waals surface area (Å²) in [5.74, 6) is -2.57. The molecule has 0 radical (unpaired) electrons. The van der Waals surface area contributed by atoms with E-state index in [-0.39, 0.29) is 0 Å². The van der Waals surface area contributed by atoms with Crippen LogP contribution in [0.15, 0.2) is 12.1 Å². The number of nitrogens with one attached hydrogen (secondary N) is 1. The highest BCUT2D eigenvalue weighted by Gasteiger charge is 2.71. The first-order chi connectivity index (χ1) is 10.1. The van der Waals surface area contributed by atoms with Gasteiger partial charge in [-0.05, 0) is 30.9 Å². The summed E-state index contributed by atoms with van der Waals surface area (Å²) in [4.78, 5) is 6.63. The van der Waals surface area contributed by atoms with Crippen LogP contribution < -0.4 is 10.4 Å². The monoisotopic (exact) mass is 297 g/mol. The maximum atomic E-state index is 13.2. The van der Waals surface area contributed by atoms with Crippen LogP contribution >= 0.6 is 0 Å². The van der Waals surface area contributed by atoms with Gasteiger partial charge in [-0.25, -0.2) is 19.2 Å². The van der Waals surface area contributed by atoms with E-state index in [2.05, 4.69) is 17.4 Å². The van der Waals surface area contributed by atoms with Gasteiger partial charge in [-0.2, -0.15) is 0 Å². The second-order valence-electron chi connectivity index (χ2n) is 5.93. The summed E-state index contributed by atoms with van der Waals surface area (Å²) in [5, 5.41) is 8.60. The van der Waals surface area contributed by atoms with Gasteiger partial charge in [-0.15, -0.1) is 0 Å². The van der Waals surface area contributed by atoms with Crippen LogP contribution in [0.2, 0.25) is 0 Å². The first kappa shape index (κ1) is 14.7. The van der Waals surface area contributed by atoms with Crippen LogP contribution in [0.1, 0.15) is 24.6 Å². The van der Waals surface area contributed by atoms with E-state index < -0.39 is 17.8 Å². The highest BCUT2D eigenvalue weighted by molar-refractivity contribution is 5.45. The number of aryl methyl sites for hydroxylation is 2. The number of fused-ring (bicyclic) bond motifs is 1. The maximum absolute atomic E-state index is 13.2. The van der Waals surface area contributed by atoms with Crippen molar-refractivity contribution in [2.45, 2.75) is 32.1 Å². The molecule has 3 rings (SSSR count). The summed E-state index contributed by atoms with van der Waals surface area (Å²) in [6.45, 7) is 3.44. The first-order valence-corrected chi connectivity index (χ1v) is 7.56. The van der Waals surface area contributed by atoms with Gasteiger partial charge in [0.1, 0.15) is 5.82 Å². The molecular weight excluding hydrogens is 276 g/mol. The molecule has 0 amide bonds. The van der Waals surface area contributed by atoms with Gasteiger partial charge in [0.25, 0.3) is 5.92 Å². The standard InChI is InChI=1S/C15H21F2N3O/c1-2-13-10(4-3-7-18-21)5-6-14(19-13)20-8-11-12(9-20)15(11,16)17/h5-6,11-12,18,21H,2-4,7-9H2,1H3. The van der Waals surface area contributed by atoms with Crippen LogP contribution in [-0.4, -0.2) is 35.7 Å². The molecular formula is C15H21F2N3O. The van der Waals surface area contributed by atoms with Gasteiger partial charge in [-0.3, -0.25) is 0 Å². The second kappa shape index (κ2) is 5.50. The molecule has 1 aliphatic carbocycles. The third-order valence-corrected chi connectivity index (χ3v) is 4.65. The Morgan fingerprint density at radius 1 is 1.38 bits per heavy atom. The molecule has 2 fully saturated rings. The molecule has 0 spiro atoms. The van der Waals surface area contributed by atoms with Crippen molar-refractivity contribution in [3.8, 4) is 0 Å². The Bertz CT molecular complexity index is 510. The van der Waals surface area contributed by atoms with Crippen LogP contribution in [0.4, 0.5) is 14.6 Å². The van der Waals surface area contributed by atoms with Crippen LogP contribution in [0.5, 0.6) is 0 Å². The molecule has 2 unspecified atom stereocenters. The quantitative estimate of drug-likeness (QED) is 0.624. The van der Waals surface area contributed by atoms with Gasteiger partial charge in [0, 0.05) is 25.3 Å². The Morgan fingerprint density at radius 2 is 2.10 bits per heavy atom. The van der Waals surface area contributed by atoms with Crippen LogP contribution in [-0.2, 0) is 12.8 Å². The predicted octanol–water partition coefficient (Wildman–Crippen LogP) is 2.26. The largest absolute Gasteiger partial charge is 0.356 e. The van der Waals surface area contributed by atoms with Crippen molar-refractivity contribution in [3.05, 3.63) is 23.4 Å². The molecule has 2 heterocycles. The van der Waals surface area contributed by atoms with Gasteiger partial charge in [0.05, 0.1) is 11.8 Å². The zero-order valence-electron chi connectivity index (χ0n) is 12.1. The van der Waals surface area contributed by atoms with Crippen molar-refractivity contribution >= 4 is 5.82 Å². The van der Waals surface area contributed by atoms with E-state index in [0.29, 0.717) is 19.6 Å². The number of rotatable bonds is 6. The van der Waals surface area contributed by atoms with Crippen molar-refractivity contribution in [2.24, 2.45) is 11.8 Å². The lowest BCUT2D eigenvalue weighted by molar-refractivity contribution is 0.0797. The fourth-order valence-electron chi connectivity index (χ4n) is 3.28. The van der Waals surface area contributed by atoms with Gasteiger partial charge in [-0.1, -0.05) is 13.0 Å². The summed E-state index contributed by atoms with van der Waals surface area (Å²) in [6, 6.07) is 3.98. The molecule has 2 atom stereocenters. The summed E-state index contributed by atoms with van der Waals surface area (Å²) < 4.78 is 26.5. The Balaban J connectivity index is 1.67. The number of hydrogen-bond donors (Lipinski definition) is 2. The van der Waals surface area contributed by atoms with Gasteiger partial charge >= 0.3 is 0 Å². The lowest BCUT2D eigenvalue weighted by atomic mass is 10.1. The van der Waals surface area contributed by atoms with Crippen molar-refractivity contribution in [1.29, 1.82) is 0 Å². The normalized spacial score (nSPS) is 26.0. The molecule has 1 aliphatic heterocycles. The van der Waals surface area contributed by atoms with E-state index in [1.807, 2.05) is 17.0 Å². The Morgan fingerprint density at radius 3 is 2.71 bits per heavy atom. The van der Waals surface area contributed by atoms with Crippen molar-refractivity contribution in [1.82, 2.24) is 10.5 Å². The number of halogens is 2. The summed E-state index contributed by atoms with van der Waals surface area (Å²) in [6.07, 6.45) is 2.52. The summed E-state index contributed by atoms with van der Waals surface area (Å²) in [7, 11) is 0. The van der Waals surface area contributed by atoms with Gasteiger partial charge in [0.2, 0.25) is 0 Å². The smallest absolute Gasteiger partial charge is 0.258 e. The second-order valence-corrected chi connectivity index (χ2v) is 5.93. The summed E-state index contributed by atoms with van der Waals surface area (Å²) >= 11 is 0. The number of aromatic nitrogens is 1. The van der Waals surface area contributed by atoms with Crippen LogP contribution in [0, 0.1) is 11.8 Å². The number of nitrogens with zero attached hydrogens (tertiary/aromatic N) is 2. The molecule has 6 heteroatoms. The van der Waals surface area contributed by atoms with E-state index >= 15 is 0 Å². The Kier molecular flexibility index (Phi) is 3.84. The van der Waals surface area contributed by atoms with Crippen molar-refractivity contribution in [2.75, 3.05) is 24.5 Å².